The third-order valence-corrected chi connectivity index (χ3v) is 4.94. The van der Waals surface area contributed by atoms with Gasteiger partial charge in [-0.2, -0.15) is 0 Å². The molecule has 1 aliphatic heterocycles. The molecule has 1 aliphatic rings. The fourth-order valence-corrected chi connectivity index (χ4v) is 3.46. The van der Waals surface area contributed by atoms with E-state index in [4.69, 9.17) is 15.2 Å². The third kappa shape index (κ3) is 7.64. The second kappa shape index (κ2) is 11.6. The molecule has 0 bridgehead atoms. The zero-order valence-corrected chi connectivity index (χ0v) is 19.0. The average Bonchev–Trinajstić information content (AvgIpc) is 3.23. The molecule has 9 nitrogen and oxygen atoms in total. The molecule has 1 saturated heterocycles. The predicted molar refractivity (Wildman–Crippen MR) is 117 cm³/mol. The number of ether oxygens (including phenoxy) is 2. The van der Waals surface area contributed by atoms with Crippen molar-refractivity contribution in [3.63, 3.8) is 0 Å². The molecule has 0 aromatic heterocycles. The number of hydrogen-bond donors (Lipinski definition) is 2. The summed E-state index contributed by atoms with van der Waals surface area (Å²) in [5, 5.41) is 2.59. The van der Waals surface area contributed by atoms with Crippen LogP contribution in [0.1, 0.15) is 52.0 Å². The minimum absolute atomic E-state index is 0.0224. The number of alkyl carbamates (subject to hydrolysis) is 1. The molecule has 1 heterocycles. The Morgan fingerprint density at radius 1 is 1.19 bits per heavy atom. The Bertz CT molecular complexity index is 806. The van der Waals surface area contributed by atoms with Gasteiger partial charge in [0.25, 0.3) is 5.78 Å². The van der Waals surface area contributed by atoms with Crippen LogP contribution in [0.4, 0.5) is 4.79 Å². The van der Waals surface area contributed by atoms with E-state index in [9.17, 15) is 19.2 Å². The van der Waals surface area contributed by atoms with E-state index in [0.717, 1.165) is 5.56 Å². The molecule has 0 aliphatic carbocycles. The maximum Gasteiger partial charge on any atom is 0.408 e. The highest BCUT2D eigenvalue weighted by atomic mass is 16.6. The number of likely N-dealkylation sites (tertiary alicyclic amines) is 1. The number of benzene rings is 1. The average molecular weight is 448 g/mol. The van der Waals surface area contributed by atoms with E-state index >= 15 is 0 Å². The van der Waals surface area contributed by atoms with Crippen LogP contribution in [0.5, 0.6) is 0 Å². The highest BCUT2D eigenvalue weighted by Crippen LogP contribution is 2.21. The van der Waals surface area contributed by atoms with E-state index in [2.05, 4.69) is 5.32 Å². The van der Waals surface area contributed by atoms with Gasteiger partial charge in [-0.1, -0.05) is 30.3 Å². The van der Waals surface area contributed by atoms with Crippen molar-refractivity contribution in [1.29, 1.82) is 0 Å². The summed E-state index contributed by atoms with van der Waals surface area (Å²) in [5.41, 5.74) is 5.61. The number of nitrogens with two attached hydrogens (primary N) is 1. The fraction of sp³-hybridized carbons (Fsp3) is 0.565. The van der Waals surface area contributed by atoms with Gasteiger partial charge in [0.15, 0.2) is 0 Å². The number of nitrogens with zero attached hydrogens (tertiary/aromatic N) is 1. The summed E-state index contributed by atoms with van der Waals surface area (Å²) in [7, 11) is 0. The second-order valence-corrected chi connectivity index (χ2v) is 8.75. The zero-order chi connectivity index (χ0) is 23.7. The van der Waals surface area contributed by atoms with Crippen molar-refractivity contribution in [2.24, 2.45) is 5.73 Å². The van der Waals surface area contributed by atoms with Crippen molar-refractivity contribution in [3.8, 4) is 0 Å². The van der Waals surface area contributed by atoms with Gasteiger partial charge in [-0.3, -0.25) is 9.59 Å². The quantitative estimate of drug-likeness (QED) is 0.437. The number of carbonyl (C=O) groups excluding carboxylic acids is 4. The van der Waals surface area contributed by atoms with Crippen LogP contribution in [0.3, 0.4) is 0 Å². The van der Waals surface area contributed by atoms with Gasteiger partial charge in [0.1, 0.15) is 24.3 Å². The monoisotopic (exact) mass is 447 g/mol. The van der Waals surface area contributed by atoms with Gasteiger partial charge in [-0.15, -0.1) is 0 Å². The molecule has 1 fully saturated rings. The number of amides is 2. The summed E-state index contributed by atoms with van der Waals surface area (Å²) in [5.74, 6) is -2.17. The van der Waals surface area contributed by atoms with Crippen LogP contribution in [0.15, 0.2) is 30.3 Å². The van der Waals surface area contributed by atoms with Crippen molar-refractivity contribution in [3.05, 3.63) is 35.9 Å². The molecule has 0 spiro atoms. The van der Waals surface area contributed by atoms with Crippen LogP contribution >= 0.6 is 0 Å². The molecule has 9 heteroatoms. The first kappa shape index (κ1) is 25.3. The summed E-state index contributed by atoms with van der Waals surface area (Å²) in [6.07, 6.45) is 1.00. The molecule has 0 saturated carbocycles. The normalized spacial score (nSPS) is 16.9. The smallest absolute Gasteiger partial charge is 0.408 e. The molecular formula is C23H33N3O6. The maximum absolute atomic E-state index is 13.2. The van der Waals surface area contributed by atoms with E-state index in [1.54, 1.807) is 32.9 Å². The van der Waals surface area contributed by atoms with Gasteiger partial charge in [-0.05, 0) is 58.6 Å². The number of carbonyl (C=O) groups is 4. The second-order valence-electron chi connectivity index (χ2n) is 8.75. The Kier molecular flexibility index (Phi) is 9.19. The van der Waals surface area contributed by atoms with Crippen molar-refractivity contribution >= 4 is 23.8 Å². The lowest BCUT2D eigenvalue weighted by Gasteiger charge is -2.29. The van der Waals surface area contributed by atoms with Crippen molar-refractivity contribution in [1.82, 2.24) is 10.2 Å². The minimum Gasteiger partial charge on any atom is -0.455 e. The van der Waals surface area contributed by atoms with Gasteiger partial charge in [-0.25, -0.2) is 9.59 Å². The summed E-state index contributed by atoms with van der Waals surface area (Å²) in [6, 6.07) is 7.21. The third-order valence-electron chi connectivity index (χ3n) is 4.94. The van der Waals surface area contributed by atoms with Crippen LogP contribution in [0.25, 0.3) is 0 Å². The molecule has 0 radical (unpaired) electrons. The van der Waals surface area contributed by atoms with E-state index in [0.29, 0.717) is 38.8 Å². The molecule has 2 atom stereocenters. The standard InChI is InChI=1S/C23H33N3O6/c1-23(2,3)32-22(30)25-17(11-7-13-24)20(28)26-14-8-12-18(26)19(27)21(29)31-15-16-9-5-4-6-10-16/h4-6,9-10,17-18H,7-8,11-15,24H2,1-3H3,(H,25,30)/t17-,18-/m0/s1. The largest absolute Gasteiger partial charge is 0.455 e. The summed E-state index contributed by atoms with van der Waals surface area (Å²) >= 11 is 0. The van der Waals surface area contributed by atoms with Gasteiger partial charge < -0.3 is 25.4 Å². The van der Waals surface area contributed by atoms with Crippen molar-refractivity contribution in [2.45, 2.75) is 70.7 Å². The van der Waals surface area contributed by atoms with Crippen molar-refractivity contribution < 1.29 is 28.7 Å². The van der Waals surface area contributed by atoms with E-state index < -0.39 is 41.4 Å². The lowest BCUT2D eigenvalue weighted by Crippen LogP contribution is -2.53. The van der Waals surface area contributed by atoms with Crippen LogP contribution in [0, 0.1) is 0 Å². The van der Waals surface area contributed by atoms with Crippen LogP contribution < -0.4 is 11.1 Å². The molecule has 32 heavy (non-hydrogen) atoms. The van der Waals surface area contributed by atoms with Crippen LogP contribution in [-0.4, -0.2) is 59.4 Å². The van der Waals surface area contributed by atoms with E-state index in [-0.39, 0.29) is 6.61 Å². The maximum atomic E-state index is 13.2. The molecule has 2 amide bonds. The topological polar surface area (TPSA) is 128 Å². The molecule has 2 rings (SSSR count). The SMILES string of the molecule is CC(C)(C)OC(=O)N[C@@H](CCCN)C(=O)N1CCC[C@H]1C(=O)C(=O)OCc1ccccc1. The Morgan fingerprint density at radius 3 is 2.50 bits per heavy atom. The number of Topliss-reactive ketones (excluding diaryl/α,β-unsaturated/α-hetero) is 1. The van der Waals surface area contributed by atoms with Crippen LogP contribution in [0.2, 0.25) is 0 Å². The lowest BCUT2D eigenvalue weighted by atomic mass is 10.1. The Labute approximate surface area is 188 Å². The minimum atomic E-state index is -0.975. The molecule has 0 unspecified atom stereocenters. The van der Waals surface area contributed by atoms with E-state index in [1.807, 2.05) is 18.2 Å². The van der Waals surface area contributed by atoms with Gasteiger partial charge in [0.2, 0.25) is 5.91 Å². The fourth-order valence-electron chi connectivity index (χ4n) is 3.46. The number of ketones is 1. The van der Waals surface area contributed by atoms with Gasteiger partial charge in [0.05, 0.1) is 0 Å². The first-order chi connectivity index (χ1) is 15.1. The Hall–Kier alpha value is -2.94. The number of rotatable bonds is 9. The highest BCUT2D eigenvalue weighted by molar-refractivity contribution is 6.36. The van der Waals surface area contributed by atoms with Crippen LogP contribution in [-0.2, 0) is 30.5 Å². The first-order valence-corrected chi connectivity index (χ1v) is 10.9. The zero-order valence-electron chi connectivity index (χ0n) is 19.0. The first-order valence-electron chi connectivity index (χ1n) is 10.9. The van der Waals surface area contributed by atoms with E-state index in [1.165, 1.54) is 4.90 Å². The predicted octanol–water partition coefficient (Wildman–Crippen LogP) is 1.92. The summed E-state index contributed by atoms with van der Waals surface area (Å²) in [6.45, 7) is 5.80. The molecule has 1 aromatic rings. The number of nitrogens with one attached hydrogen (secondary N) is 1. The molecule has 3 N–H and O–H groups in total. The lowest BCUT2D eigenvalue weighted by molar-refractivity contribution is -0.158. The molecule has 1 aromatic carbocycles. The van der Waals surface area contributed by atoms with Crippen molar-refractivity contribution in [2.75, 3.05) is 13.1 Å². The van der Waals surface area contributed by atoms with Gasteiger partial charge in [0, 0.05) is 6.54 Å². The highest BCUT2D eigenvalue weighted by Gasteiger charge is 2.40. The summed E-state index contributed by atoms with van der Waals surface area (Å²) in [4.78, 5) is 51.8. The molecule has 176 valence electrons. The Balaban J connectivity index is 2.03. The van der Waals surface area contributed by atoms with Gasteiger partial charge >= 0.3 is 12.1 Å². The number of esters is 1. The molecular weight excluding hydrogens is 414 g/mol. The summed E-state index contributed by atoms with van der Waals surface area (Å²) < 4.78 is 10.4. The number of hydrogen-bond acceptors (Lipinski definition) is 7. The Morgan fingerprint density at radius 2 is 1.88 bits per heavy atom.